The van der Waals surface area contributed by atoms with Crippen molar-refractivity contribution in [3.05, 3.63) is 114 Å². The van der Waals surface area contributed by atoms with E-state index in [0.29, 0.717) is 13.0 Å². The predicted molar refractivity (Wildman–Crippen MR) is 229 cm³/mol. The maximum Gasteiger partial charge on any atom is 0.348 e. The average molecular weight is 783 g/mol. The number of carbonyl (C=O) groups excluding carboxylic acids is 2. The van der Waals surface area contributed by atoms with Crippen LogP contribution in [0, 0.1) is 17.3 Å². The Bertz CT molecular complexity index is 1760. The average Bonchev–Trinajstić information content (AvgIpc) is 3.49. The van der Waals surface area contributed by atoms with Crippen LogP contribution in [0.25, 0.3) is 0 Å². The van der Waals surface area contributed by atoms with Gasteiger partial charge in [0.1, 0.15) is 5.75 Å². The quantitative estimate of drug-likeness (QED) is 0.0584. The molecule has 6 atom stereocenters. The van der Waals surface area contributed by atoms with Gasteiger partial charge in [-0.3, -0.25) is 4.79 Å². The van der Waals surface area contributed by atoms with Gasteiger partial charge in [0.05, 0.1) is 25.9 Å². The second kappa shape index (κ2) is 18.6. The van der Waals surface area contributed by atoms with Gasteiger partial charge < -0.3 is 23.4 Å². The number of esters is 1. The molecular formula is C48H66O7Si. The Hall–Kier alpha value is -3.82. The van der Waals surface area contributed by atoms with Crippen LogP contribution in [0.5, 0.6) is 5.75 Å². The molecular weight excluding hydrogens is 717 g/mol. The van der Waals surface area contributed by atoms with Crippen LogP contribution in [-0.4, -0.2) is 51.3 Å². The van der Waals surface area contributed by atoms with E-state index in [0.717, 1.165) is 22.5 Å². The molecule has 56 heavy (non-hydrogen) atoms. The van der Waals surface area contributed by atoms with E-state index in [2.05, 4.69) is 128 Å². The summed E-state index contributed by atoms with van der Waals surface area (Å²) in [4.78, 5) is 26.7. The fourth-order valence-electron chi connectivity index (χ4n) is 7.69. The van der Waals surface area contributed by atoms with E-state index in [-0.39, 0.29) is 41.3 Å². The lowest BCUT2D eigenvalue weighted by Crippen LogP contribution is -2.68. The third-order valence-corrected chi connectivity index (χ3v) is 16.2. The Labute approximate surface area is 338 Å². The second-order valence-electron chi connectivity index (χ2n) is 17.8. The van der Waals surface area contributed by atoms with Gasteiger partial charge in [-0.2, -0.15) is 0 Å². The molecule has 304 valence electrons. The Morgan fingerprint density at radius 2 is 1.41 bits per heavy atom. The summed E-state index contributed by atoms with van der Waals surface area (Å²) in [5.74, 6) is -0.225. The fraction of sp³-hybridized carbons (Fsp3) is 0.500. The SMILES string of the molecule is C/C=C(\C)[C@H](O[Si](c1ccccc1)(c1ccccc1)C(C)(C)C)[C@@H](C)/C=C(\C)[C@@H](OCc1ccc(OC)cc1)[C@@H](C)CCC(=O)C1(C)O[C@@H](C(C)(C)C)OC1=O. The lowest BCUT2D eigenvalue weighted by Gasteiger charge is -2.46. The first-order chi connectivity index (χ1) is 26.3. The lowest BCUT2D eigenvalue weighted by atomic mass is 9.87. The molecule has 3 aromatic rings. The van der Waals surface area contributed by atoms with Crippen molar-refractivity contribution in [2.75, 3.05) is 7.11 Å². The molecule has 0 bridgehead atoms. The highest BCUT2D eigenvalue weighted by molar-refractivity contribution is 6.99. The number of ketones is 1. The van der Waals surface area contributed by atoms with Gasteiger partial charge in [-0.25, -0.2) is 4.79 Å². The molecule has 8 heteroatoms. The molecule has 7 nitrogen and oxygen atoms in total. The summed E-state index contributed by atoms with van der Waals surface area (Å²) in [6.07, 6.45) is 3.77. The Balaban J connectivity index is 1.69. The topological polar surface area (TPSA) is 80.3 Å². The van der Waals surface area contributed by atoms with Crippen molar-refractivity contribution >= 4 is 30.4 Å². The van der Waals surface area contributed by atoms with Crippen LogP contribution in [-0.2, 0) is 34.8 Å². The summed E-state index contributed by atoms with van der Waals surface area (Å²) in [6.45, 7) is 25.3. The number of rotatable bonds is 17. The highest BCUT2D eigenvalue weighted by Crippen LogP contribution is 2.40. The van der Waals surface area contributed by atoms with Crippen LogP contribution < -0.4 is 15.1 Å². The van der Waals surface area contributed by atoms with Gasteiger partial charge in [0, 0.05) is 17.8 Å². The van der Waals surface area contributed by atoms with Gasteiger partial charge in [0.25, 0.3) is 8.32 Å². The minimum atomic E-state index is -2.89. The van der Waals surface area contributed by atoms with E-state index >= 15 is 0 Å². The van der Waals surface area contributed by atoms with Crippen LogP contribution in [0.4, 0.5) is 0 Å². The van der Waals surface area contributed by atoms with Crippen LogP contribution in [0.1, 0.15) is 101 Å². The lowest BCUT2D eigenvalue weighted by molar-refractivity contribution is -0.160. The smallest absolute Gasteiger partial charge is 0.348 e. The number of methoxy groups -OCH3 is 1. The number of allylic oxidation sites excluding steroid dienone is 1. The van der Waals surface area contributed by atoms with Gasteiger partial charge in [-0.05, 0) is 84.3 Å². The Kier molecular flexibility index (Phi) is 14.9. The van der Waals surface area contributed by atoms with Crippen LogP contribution in [0.2, 0.25) is 5.04 Å². The maximum atomic E-state index is 13.7. The van der Waals surface area contributed by atoms with Gasteiger partial charge in [0.15, 0.2) is 5.78 Å². The van der Waals surface area contributed by atoms with Gasteiger partial charge in [-0.1, -0.05) is 140 Å². The summed E-state index contributed by atoms with van der Waals surface area (Å²) in [5.41, 5.74) is 1.15. The number of hydrogen-bond donors (Lipinski definition) is 0. The zero-order chi connectivity index (χ0) is 41.5. The highest BCUT2D eigenvalue weighted by atomic mass is 28.4. The van der Waals surface area contributed by atoms with E-state index in [4.69, 9.17) is 23.4 Å². The molecule has 0 aliphatic carbocycles. The third-order valence-electron chi connectivity index (χ3n) is 11.2. The van der Waals surface area contributed by atoms with Crippen molar-refractivity contribution in [1.82, 2.24) is 0 Å². The first kappa shape index (κ1) is 44.9. The van der Waals surface area contributed by atoms with Crippen LogP contribution in [0.15, 0.2) is 108 Å². The van der Waals surface area contributed by atoms with Crippen molar-refractivity contribution in [2.45, 2.75) is 132 Å². The molecule has 0 saturated carbocycles. The molecule has 0 amide bonds. The van der Waals surface area contributed by atoms with E-state index in [9.17, 15) is 9.59 Å². The van der Waals surface area contributed by atoms with Crippen molar-refractivity contribution in [1.29, 1.82) is 0 Å². The normalized spacial score (nSPS) is 20.6. The first-order valence-corrected chi connectivity index (χ1v) is 22.0. The Morgan fingerprint density at radius 1 is 0.857 bits per heavy atom. The molecule has 1 fully saturated rings. The van der Waals surface area contributed by atoms with Crippen molar-refractivity contribution in [2.24, 2.45) is 17.3 Å². The summed E-state index contributed by atoms with van der Waals surface area (Å²) >= 11 is 0. The molecule has 0 radical (unpaired) electrons. The van der Waals surface area contributed by atoms with Crippen LogP contribution >= 0.6 is 0 Å². The molecule has 0 aromatic heterocycles. The molecule has 0 spiro atoms. The largest absolute Gasteiger partial charge is 0.497 e. The third kappa shape index (κ3) is 10.2. The van der Waals surface area contributed by atoms with E-state index in [1.807, 2.05) is 45.0 Å². The summed E-state index contributed by atoms with van der Waals surface area (Å²) < 4.78 is 31.4. The fourth-order valence-corrected chi connectivity index (χ4v) is 12.5. The minimum absolute atomic E-state index is 0.0244. The molecule has 1 heterocycles. The summed E-state index contributed by atoms with van der Waals surface area (Å²) in [5, 5.41) is 2.28. The zero-order valence-corrected chi connectivity index (χ0v) is 37.1. The van der Waals surface area contributed by atoms with Crippen molar-refractivity contribution in [3.8, 4) is 5.75 Å². The standard InChI is InChI=1S/C48H66O7Si/c1-14-33(2)43(55-56(47(9,10)11,39-21-17-15-18-22-39)40-23-19-16-20-24-40)36(5)31-35(4)42(52-32-37-26-28-38(51-13)29-27-37)34(3)25-30-41(49)48(12)44(50)53-45(54-48)46(6,7)8/h14-24,26-29,31,34,36,42-43,45H,25,30,32H2,1-13H3/b33-14+,35-31+/t34-,36-,42-,43-,45-,48?/m0/s1. The van der Waals surface area contributed by atoms with E-state index < -0.39 is 31.6 Å². The monoisotopic (exact) mass is 782 g/mol. The van der Waals surface area contributed by atoms with Gasteiger partial charge in [0.2, 0.25) is 11.9 Å². The predicted octanol–water partition coefficient (Wildman–Crippen LogP) is 9.76. The molecule has 1 aliphatic heterocycles. The zero-order valence-electron chi connectivity index (χ0n) is 36.1. The minimum Gasteiger partial charge on any atom is -0.497 e. The first-order valence-electron chi connectivity index (χ1n) is 20.0. The molecule has 1 saturated heterocycles. The van der Waals surface area contributed by atoms with Gasteiger partial charge >= 0.3 is 5.97 Å². The van der Waals surface area contributed by atoms with Crippen LogP contribution in [0.3, 0.4) is 0 Å². The molecule has 1 aliphatic rings. The summed E-state index contributed by atoms with van der Waals surface area (Å²) in [7, 11) is -1.24. The number of cyclic esters (lactones) is 1. The number of ether oxygens (including phenoxy) is 4. The van der Waals surface area contributed by atoms with Gasteiger partial charge in [-0.15, -0.1) is 0 Å². The molecule has 4 rings (SSSR count). The molecule has 1 unspecified atom stereocenters. The Morgan fingerprint density at radius 3 is 1.88 bits per heavy atom. The maximum absolute atomic E-state index is 13.7. The van der Waals surface area contributed by atoms with E-state index in [1.165, 1.54) is 17.3 Å². The number of carbonyl (C=O) groups is 2. The van der Waals surface area contributed by atoms with Crippen molar-refractivity contribution < 1.29 is 33.0 Å². The number of benzene rings is 3. The summed E-state index contributed by atoms with van der Waals surface area (Å²) in [6, 6.07) is 29.4. The number of hydrogen-bond acceptors (Lipinski definition) is 7. The second-order valence-corrected chi connectivity index (χ2v) is 22.0. The number of Topliss-reactive ketones (excluding diaryl/α,β-unsaturated/α-hetero) is 1. The highest BCUT2D eigenvalue weighted by Gasteiger charge is 2.55. The molecule has 3 aromatic carbocycles. The van der Waals surface area contributed by atoms with E-state index in [1.54, 1.807) is 7.11 Å². The van der Waals surface area contributed by atoms with Crippen molar-refractivity contribution in [3.63, 3.8) is 0 Å². The molecule has 0 N–H and O–H groups in total.